The number of carbonyl (C=O) groups excluding carboxylic acids is 1. The smallest absolute Gasteiger partial charge is 0.269 e. The van der Waals surface area contributed by atoms with Crippen LogP contribution in [-0.4, -0.2) is 20.6 Å². The molecule has 0 unspecified atom stereocenters. The number of non-ortho nitro benzene ring substituents is 1. The third-order valence-electron chi connectivity index (χ3n) is 2.77. The van der Waals surface area contributed by atoms with Crippen LogP contribution in [0.3, 0.4) is 0 Å². The predicted molar refractivity (Wildman–Crippen MR) is 75.0 cm³/mol. The van der Waals surface area contributed by atoms with E-state index in [4.69, 9.17) is 0 Å². The zero-order valence-corrected chi connectivity index (χ0v) is 11.1. The van der Waals surface area contributed by atoms with Crippen molar-refractivity contribution >= 4 is 17.3 Å². The minimum absolute atomic E-state index is 0.0496. The highest BCUT2D eigenvalue weighted by Crippen LogP contribution is 2.21. The molecule has 1 aromatic carbocycles. The van der Waals surface area contributed by atoms with E-state index in [0.29, 0.717) is 11.3 Å². The second-order valence-electron chi connectivity index (χ2n) is 4.32. The van der Waals surface area contributed by atoms with E-state index in [1.165, 1.54) is 36.5 Å². The number of nitrogens with one attached hydrogen (secondary N) is 1. The van der Waals surface area contributed by atoms with E-state index >= 15 is 0 Å². The summed E-state index contributed by atoms with van der Waals surface area (Å²) in [6.07, 6.45) is 1.41. The van der Waals surface area contributed by atoms with Crippen molar-refractivity contribution in [1.82, 2.24) is 9.78 Å². The molecule has 8 heteroatoms. The van der Waals surface area contributed by atoms with Crippen LogP contribution in [0, 0.1) is 17.0 Å². The largest absolute Gasteiger partial charge is 0.324 e. The van der Waals surface area contributed by atoms with Gasteiger partial charge in [-0.1, -0.05) is 0 Å². The van der Waals surface area contributed by atoms with Gasteiger partial charge in [0.1, 0.15) is 6.54 Å². The standard InChI is InChI=1S/C13H12N4O4/c1-9-7-10(17(20)21)4-5-11(9)15-12(18)8-16-13(19)3-2-6-14-16/h2-7H,8H2,1H3,(H,15,18). The molecule has 0 radical (unpaired) electrons. The Morgan fingerprint density at radius 3 is 2.81 bits per heavy atom. The van der Waals surface area contributed by atoms with Crippen molar-refractivity contribution < 1.29 is 9.72 Å². The highest BCUT2D eigenvalue weighted by Gasteiger charge is 2.11. The van der Waals surface area contributed by atoms with Gasteiger partial charge in [-0.2, -0.15) is 5.10 Å². The summed E-state index contributed by atoms with van der Waals surface area (Å²) in [4.78, 5) is 33.4. The molecule has 0 saturated carbocycles. The molecule has 1 N–H and O–H groups in total. The van der Waals surface area contributed by atoms with Crippen molar-refractivity contribution in [3.63, 3.8) is 0 Å². The topological polar surface area (TPSA) is 107 Å². The van der Waals surface area contributed by atoms with Gasteiger partial charge in [0.25, 0.3) is 11.2 Å². The van der Waals surface area contributed by atoms with Crippen LogP contribution in [0.15, 0.2) is 41.3 Å². The lowest BCUT2D eigenvalue weighted by atomic mass is 10.2. The van der Waals surface area contributed by atoms with Gasteiger partial charge in [0, 0.05) is 30.1 Å². The maximum absolute atomic E-state index is 11.9. The Morgan fingerprint density at radius 2 is 2.19 bits per heavy atom. The SMILES string of the molecule is Cc1cc([N+](=O)[O-])ccc1NC(=O)Cn1ncccc1=O. The van der Waals surface area contributed by atoms with Gasteiger partial charge in [0.05, 0.1) is 4.92 Å². The van der Waals surface area contributed by atoms with Crippen LogP contribution in [0.1, 0.15) is 5.56 Å². The average Bonchev–Trinajstić information content (AvgIpc) is 2.43. The number of aryl methyl sites for hydroxylation is 1. The number of rotatable bonds is 4. The molecule has 1 amide bonds. The van der Waals surface area contributed by atoms with Crippen molar-refractivity contribution in [3.8, 4) is 0 Å². The van der Waals surface area contributed by atoms with Gasteiger partial charge in [-0.3, -0.25) is 19.7 Å². The number of nitrogens with zero attached hydrogens (tertiary/aromatic N) is 3. The van der Waals surface area contributed by atoms with Crippen LogP contribution in [0.5, 0.6) is 0 Å². The van der Waals surface area contributed by atoms with Gasteiger partial charge in [-0.05, 0) is 24.6 Å². The van der Waals surface area contributed by atoms with Crippen LogP contribution in [0.4, 0.5) is 11.4 Å². The summed E-state index contributed by atoms with van der Waals surface area (Å²) in [6, 6.07) is 6.90. The molecule has 8 nitrogen and oxygen atoms in total. The summed E-state index contributed by atoms with van der Waals surface area (Å²) in [6.45, 7) is 1.42. The van der Waals surface area contributed by atoms with E-state index in [1.54, 1.807) is 6.92 Å². The van der Waals surface area contributed by atoms with Crippen LogP contribution >= 0.6 is 0 Å². The zero-order valence-electron chi connectivity index (χ0n) is 11.1. The molecular weight excluding hydrogens is 276 g/mol. The van der Waals surface area contributed by atoms with E-state index in [-0.39, 0.29) is 17.8 Å². The Hall–Kier alpha value is -3.03. The summed E-state index contributed by atoms with van der Waals surface area (Å²) in [7, 11) is 0. The molecule has 0 saturated heterocycles. The average molecular weight is 288 g/mol. The fourth-order valence-electron chi connectivity index (χ4n) is 1.73. The van der Waals surface area contributed by atoms with E-state index < -0.39 is 10.8 Å². The summed E-state index contributed by atoms with van der Waals surface area (Å²) < 4.78 is 1.02. The number of aromatic nitrogens is 2. The summed E-state index contributed by atoms with van der Waals surface area (Å²) in [5, 5.41) is 17.0. The van der Waals surface area contributed by atoms with Gasteiger partial charge >= 0.3 is 0 Å². The molecular formula is C13H12N4O4. The molecule has 0 bridgehead atoms. The first kappa shape index (κ1) is 14.4. The van der Waals surface area contributed by atoms with Gasteiger partial charge in [-0.15, -0.1) is 0 Å². The van der Waals surface area contributed by atoms with Crippen LogP contribution < -0.4 is 10.9 Å². The molecule has 0 aliphatic heterocycles. The Labute approximate surface area is 119 Å². The minimum atomic E-state index is -0.508. The molecule has 21 heavy (non-hydrogen) atoms. The Bertz CT molecular complexity index is 754. The van der Waals surface area contributed by atoms with Crippen molar-refractivity contribution in [2.75, 3.05) is 5.32 Å². The number of hydrogen-bond donors (Lipinski definition) is 1. The van der Waals surface area contributed by atoms with Crippen LogP contribution in [0.25, 0.3) is 0 Å². The second kappa shape index (κ2) is 5.95. The Morgan fingerprint density at radius 1 is 1.43 bits per heavy atom. The van der Waals surface area contributed by atoms with Gasteiger partial charge in [-0.25, -0.2) is 4.68 Å². The lowest BCUT2D eigenvalue weighted by molar-refractivity contribution is -0.384. The van der Waals surface area contributed by atoms with Crippen molar-refractivity contribution in [3.05, 3.63) is 62.6 Å². The van der Waals surface area contributed by atoms with Crippen LogP contribution in [0.2, 0.25) is 0 Å². The Balaban J connectivity index is 2.12. The summed E-state index contributed by atoms with van der Waals surface area (Å²) in [5.41, 5.74) is 0.583. The number of nitro benzene ring substituents is 1. The number of anilines is 1. The summed E-state index contributed by atoms with van der Waals surface area (Å²) >= 11 is 0. The molecule has 0 atom stereocenters. The van der Waals surface area contributed by atoms with Crippen molar-refractivity contribution in [2.45, 2.75) is 13.5 Å². The molecule has 0 aliphatic rings. The van der Waals surface area contributed by atoms with E-state index in [2.05, 4.69) is 10.4 Å². The van der Waals surface area contributed by atoms with Crippen molar-refractivity contribution in [1.29, 1.82) is 0 Å². The molecule has 0 spiro atoms. The molecule has 2 aromatic rings. The quantitative estimate of drug-likeness (QED) is 0.669. The minimum Gasteiger partial charge on any atom is -0.324 e. The van der Waals surface area contributed by atoms with Crippen LogP contribution in [-0.2, 0) is 11.3 Å². The number of carbonyl (C=O) groups is 1. The summed E-state index contributed by atoms with van der Waals surface area (Å²) in [5.74, 6) is -0.437. The fraction of sp³-hybridized carbons (Fsp3) is 0.154. The first-order chi connectivity index (χ1) is 9.97. The lowest BCUT2D eigenvalue weighted by Crippen LogP contribution is -2.28. The Kier molecular flexibility index (Phi) is 4.07. The number of hydrogen-bond acceptors (Lipinski definition) is 5. The van der Waals surface area contributed by atoms with E-state index in [9.17, 15) is 19.7 Å². The monoisotopic (exact) mass is 288 g/mol. The number of nitro groups is 1. The third kappa shape index (κ3) is 3.50. The highest BCUT2D eigenvalue weighted by atomic mass is 16.6. The normalized spacial score (nSPS) is 10.1. The van der Waals surface area contributed by atoms with Gasteiger partial charge in [0.15, 0.2) is 0 Å². The van der Waals surface area contributed by atoms with E-state index in [0.717, 1.165) is 4.68 Å². The second-order valence-corrected chi connectivity index (χ2v) is 4.32. The number of amides is 1. The molecule has 108 valence electrons. The predicted octanol–water partition coefficient (Wildman–Crippen LogP) is 1.10. The zero-order chi connectivity index (χ0) is 15.4. The molecule has 2 rings (SSSR count). The first-order valence-corrected chi connectivity index (χ1v) is 6.04. The molecule has 1 aromatic heterocycles. The maximum Gasteiger partial charge on any atom is 0.269 e. The van der Waals surface area contributed by atoms with Gasteiger partial charge in [0.2, 0.25) is 5.91 Å². The third-order valence-corrected chi connectivity index (χ3v) is 2.77. The molecule has 0 fully saturated rings. The first-order valence-electron chi connectivity index (χ1n) is 6.04. The van der Waals surface area contributed by atoms with Gasteiger partial charge < -0.3 is 5.32 Å². The molecule has 1 heterocycles. The number of benzene rings is 1. The highest BCUT2D eigenvalue weighted by molar-refractivity contribution is 5.91. The molecule has 0 aliphatic carbocycles. The fourth-order valence-corrected chi connectivity index (χ4v) is 1.73. The van der Waals surface area contributed by atoms with E-state index in [1.807, 2.05) is 0 Å². The van der Waals surface area contributed by atoms with Crippen molar-refractivity contribution in [2.24, 2.45) is 0 Å². The maximum atomic E-state index is 11.9. The lowest BCUT2D eigenvalue weighted by Gasteiger charge is -2.08.